The predicted octanol–water partition coefficient (Wildman–Crippen LogP) is 3.99. The number of rotatable bonds is 3. The van der Waals surface area contributed by atoms with Gasteiger partial charge < -0.3 is 0 Å². The Bertz CT molecular complexity index is 625. The molecule has 104 valence electrons. The van der Waals surface area contributed by atoms with E-state index in [0.717, 1.165) is 30.0 Å². The number of ketones is 1. The average Bonchev–Trinajstić information content (AvgIpc) is 2.76. The quantitative estimate of drug-likeness (QED) is 0.853. The number of benzene rings is 1. The minimum absolute atomic E-state index is 0.0736. The zero-order chi connectivity index (χ0) is 14.1. The van der Waals surface area contributed by atoms with E-state index in [0.29, 0.717) is 12.2 Å². The van der Waals surface area contributed by atoms with Gasteiger partial charge in [0.05, 0.1) is 12.1 Å². The molecule has 1 atom stereocenters. The maximum Gasteiger partial charge on any atom is 0.147 e. The van der Waals surface area contributed by atoms with Gasteiger partial charge in [0.1, 0.15) is 10.8 Å². The molecule has 3 heteroatoms. The standard InChI is InChI=1S/C17H19NOS/c1-11-12(2)20-17(18-11)10-16(19)15-9-5-7-13-6-3-4-8-14(13)15/h3-4,6,8,15H,5,7,9-10H2,1-2H3. The van der Waals surface area contributed by atoms with Crippen LogP contribution in [0.5, 0.6) is 0 Å². The molecule has 1 aliphatic rings. The molecule has 2 aromatic rings. The molecule has 0 saturated heterocycles. The maximum atomic E-state index is 12.6. The van der Waals surface area contributed by atoms with E-state index in [1.807, 2.05) is 13.0 Å². The van der Waals surface area contributed by atoms with Crippen LogP contribution in [0.1, 0.15) is 45.5 Å². The first kappa shape index (κ1) is 13.5. The van der Waals surface area contributed by atoms with Crippen LogP contribution in [0.4, 0.5) is 0 Å². The smallest absolute Gasteiger partial charge is 0.147 e. The van der Waals surface area contributed by atoms with Crippen LogP contribution in [-0.2, 0) is 17.6 Å². The van der Waals surface area contributed by atoms with Crippen LogP contribution in [0.2, 0.25) is 0 Å². The summed E-state index contributed by atoms with van der Waals surface area (Å²) in [6.45, 7) is 4.08. The van der Waals surface area contributed by atoms with E-state index in [9.17, 15) is 4.79 Å². The number of aryl methyl sites for hydroxylation is 3. The second kappa shape index (κ2) is 5.49. The molecule has 2 nitrogen and oxygen atoms in total. The number of hydrogen-bond donors (Lipinski definition) is 0. The molecule has 0 amide bonds. The molecule has 0 N–H and O–H groups in total. The lowest BCUT2D eigenvalue weighted by Gasteiger charge is -2.24. The summed E-state index contributed by atoms with van der Waals surface area (Å²) in [7, 11) is 0. The molecule has 0 saturated carbocycles. The van der Waals surface area contributed by atoms with Gasteiger partial charge in [0.2, 0.25) is 0 Å². The van der Waals surface area contributed by atoms with E-state index in [4.69, 9.17) is 0 Å². The Morgan fingerprint density at radius 1 is 1.35 bits per heavy atom. The van der Waals surface area contributed by atoms with E-state index in [2.05, 4.69) is 30.1 Å². The van der Waals surface area contributed by atoms with Gasteiger partial charge >= 0.3 is 0 Å². The lowest BCUT2D eigenvalue weighted by atomic mass is 9.80. The highest BCUT2D eigenvalue weighted by molar-refractivity contribution is 7.11. The Morgan fingerprint density at radius 3 is 2.90 bits per heavy atom. The monoisotopic (exact) mass is 285 g/mol. The van der Waals surface area contributed by atoms with Crippen molar-refractivity contribution < 1.29 is 4.79 Å². The molecule has 0 aliphatic heterocycles. The molecular formula is C17H19NOS. The molecule has 0 fully saturated rings. The Hall–Kier alpha value is -1.48. The summed E-state index contributed by atoms with van der Waals surface area (Å²) < 4.78 is 0. The van der Waals surface area contributed by atoms with Crippen LogP contribution < -0.4 is 0 Å². The van der Waals surface area contributed by atoms with Gasteiger partial charge in [-0.3, -0.25) is 4.79 Å². The maximum absolute atomic E-state index is 12.6. The molecular weight excluding hydrogens is 266 g/mol. The highest BCUT2D eigenvalue weighted by Crippen LogP contribution is 2.33. The number of carbonyl (C=O) groups excluding carboxylic acids is 1. The van der Waals surface area contributed by atoms with Crippen molar-refractivity contribution in [1.82, 2.24) is 4.98 Å². The number of Topliss-reactive ketones (excluding diaryl/α,β-unsaturated/α-hetero) is 1. The van der Waals surface area contributed by atoms with Crippen LogP contribution in [0.3, 0.4) is 0 Å². The van der Waals surface area contributed by atoms with Crippen LogP contribution in [0.15, 0.2) is 24.3 Å². The first-order valence-corrected chi connectivity index (χ1v) is 8.00. The molecule has 0 radical (unpaired) electrons. The highest BCUT2D eigenvalue weighted by Gasteiger charge is 2.26. The van der Waals surface area contributed by atoms with E-state index >= 15 is 0 Å². The van der Waals surface area contributed by atoms with Gasteiger partial charge in [0, 0.05) is 10.8 Å². The Kier molecular flexibility index (Phi) is 3.70. The van der Waals surface area contributed by atoms with Gasteiger partial charge in [-0.25, -0.2) is 4.98 Å². The summed E-state index contributed by atoms with van der Waals surface area (Å²) in [5, 5.41) is 0.966. The summed E-state index contributed by atoms with van der Waals surface area (Å²) >= 11 is 1.66. The zero-order valence-electron chi connectivity index (χ0n) is 12.0. The van der Waals surface area contributed by atoms with Crippen molar-refractivity contribution in [3.05, 3.63) is 51.0 Å². The minimum atomic E-state index is 0.0736. The van der Waals surface area contributed by atoms with E-state index < -0.39 is 0 Å². The van der Waals surface area contributed by atoms with Crippen molar-refractivity contribution in [1.29, 1.82) is 0 Å². The first-order chi connectivity index (χ1) is 9.65. The molecule has 1 aliphatic carbocycles. The fraction of sp³-hybridized carbons (Fsp3) is 0.412. The summed E-state index contributed by atoms with van der Waals surface area (Å²) in [5.41, 5.74) is 3.65. The number of aromatic nitrogens is 1. The van der Waals surface area contributed by atoms with Gasteiger partial charge in [-0.2, -0.15) is 0 Å². The number of nitrogens with zero attached hydrogens (tertiary/aromatic N) is 1. The minimum Gasteiger partial charge on any atom is -0.299 e. The van der Waals surface area contributed by atoms with Crippen molar-refractivity contribution in [3.8, 4) is 0 Å². The van der Waals surface area contributed by atoms with Gasteiger partial charge in [-0.15, -0.1) is 11.3 Å². The molecule has 1 aromatic heterocycles. The summed E-state index contributed by atoms with van der Waals surface area (Å²) in [4.78, 5) is 18.3. The number of carbonyl (C=O) groups is 1. The van der Waals surface area contributed by atoms with Gasteiger partial charge in [-0.1, -0.05) is 24.3 Å². The molecule has 3 rings (SSSR count). The van der Waals surface area contributed by atoms with E-state index in [-0.39, 0.29) is 5.92 Å². The van der Waals surface area contributed by atoms with Crippen LogP contribution in [-0.4, -0.2) is 10.8 Å². The average molecular weight is 285 g/mol. The second-order valence-corrected chi connectivity index (χ2v) is 6.82. The zero-order valence-corrected chi connectivity index (χ0v) is 12.8. The fourth-order valence-electron chi connectivity index (χ4n) is 2.98. The predicted molar refractivity (Wildman–Crippen MR) is 82.4 cm³/mol. The molecule has 1 heterocycles. The van der Waals surface area contributed by atoms with E-state index in [1.54, 1.807) is 11.3 Å². The Labute approximate surface area is 123 Å². The third kappa shape index (κ3) is 2.55. The summed E-state index contributed by atoms with van der Waals surface area (Å²) in [5.74, 6) is 0.398. The topological polar surface area (TPSA) is 30.0 Å². The van der Waals surface area contributed by atoms with Crippen molar-refractivity contribution in [3.63, 3.8) is 0 Å². The molecule has 1 unspecified atom stereocenters. The Balaban J connectivity index is 1.81. The van der Waals surface area contributed by atoms with Crippen molar-refractivity contribution >= 4 is 17.1 Å². The van der Waals surface area contributed by atoms with Gasteiger partial charge in [0.15, 0.2) is 0 Å². The van der Waals surface area contributed by atoms with Gasteiger partial charge in [0.25, 0.3) is 0 Å². The molecule has 0 bridgehead atoms. The number of fused-ring (bicyclic) bond motifs is 1. The lowest BCUT2D eigenvalue weighted by molar-refractivity contribution is -0.120. The number of thiazole rings is 1. The number of hydrogen-bond acceptors (Lipinski definition) is 3. The first-order valence-electron chi connectivity index (χ1n) is 7.18. The summed E-state index contributed by atoms with van der Waals surface area (Å²) in [6, 6.07) is 8.39. The second-order valence-electron chi connectivity index (χ2n) is 5.54. The van der Waals surface area contributed by atoms with Crippen LogP contribution >= 0.6 is 11.3 Å². The SMILES string of the molecule is Cc1nc(CC(=O)C2CCCc3ccccc32)sc1C. The van der Waals surface area contributed by atoms with Crippen molar-refractivity contribution in [2.75, 3.05) is 0 Å². The third-order valence-corrected chi connectivity index (χ3v) is 5.23. The van der Waals surface area contributed by atoms with Crippen LogP contribution in [0.25, 0.3) is 0 Å². The third-order valence-electron chi connectivity index (χ3n) is 4.16. The fourth-order valence-corrected chi connectivity index (χ4v) is 3.92. The Morgan fingerprint density at radius 2 is 2.15 bits per heavy atom. The van der Waals surface area contributed by atoms with Gasteiger partial charge in [-0.05, 0) is 44.2 Å². The lowest BCUT2D eigenvalue weighted by Crippen LogP contribution is -2.20. The summed E-state index contributed by atoms with van der Waals surface area (Å²) in [6.07, 6.45) is 3.69. The largest absolute Gasteiger partial charge is 0.299 e. The van der Waals surface area contributed by atoms with Crippen molar-refractivity contribution in [2.24, 2.45) is 0 Å². The molecule has 1 aromatic carbocycles. The normalized spacial score (nSPS) is 17.8. The highest BCUT2D eigenvalue weighted by atomic mass is 32.1. The van der Waals surface area contributed by atoms with E-state index in [1.165, 1.54) is 16.0 Å². The molecule has 0 spiro atoms. The molecule has 20 heavy (non-hydrogen) atoms. The van der Waals surface area contributed by atoms with Crippen molar-refractivity contribution in [2.45, 2.75) is 45.4 Å². The van der Waals surface area contributed by atoms with Crippen LogP contribution in [0, 0.1) is 13.8 Å².